The smallest absolute Gasteiger partial charge is 0.231 e. The van der Waals surface area contributed by atoms with Crippen LogP contribution in [0.15, 0.2) is 0 Å². The van der Waals surface area contributed by atoms with Crippen LogP contribution in [0.2, 0.25) is 0 Å². The van der Waals surface area contributed by atoms with Gasteiger partial charge in [0.2, 0.25) is 5.91 Å². The molecule has 13 heavy (non-hydrogen) atoms. The van der Waals surface area contributed by atoms with Gasteiger partial charge in [-0.25, -0.2) is 0 Å². The SMILES string of the molecule is CCC(CN)N(CC(N)=O)C(C)C. The number of rotatable bonds is 6. The first-order valence-corrected chi connectivity index (χ1v) is 4.77. The zero-order chi connectivity index (χ0) is 10.4. The molecule has 0 aromatic rings. The topological polar surface area (TPSA) is 72.3 Å². The van der Waals surface area contributed by atoms with Gasteiger partial charge in [0.05, 0.1) is 6.54 Å². The molecule has 4 heteroatoms. The largest absolute Gasteiger partial charge is 0.369 e. The van der Waals surface area contributed by atoms with Crippen molar-refractivity contribution >= 4 is 5.91 Å². The highest BCUT2D eigenvalue weighted by molar-refractivity contribution is 5.76. The number of carbonyl (C=O) groups excluding carboxylic acids is 1. The van der Waals surface area contributed by atoms with Gasteiger partial charge in [-0.3, -0.25) is 9.69 Å². The van der Waals surface area contributed by atoms with Crippen molar-refractivity contribution in [3.8, 4) is 0 Å². The molecule has 0 aliphatic carbocycles. The van der Waals surface area contributed by atoms with Gasteiger partial charge in [0.25, 0.3) is 0 Å². The summed E-state index contributed by atoms with van der Waals surface area (Å²) in [5.74, 6) is -0.291. The molecule has 4 N–H and O–H groups in total. The number of nitrogens with two attached hydrogens (primary N) is 2. The second-order valence-electron chi connectivity index (χ2n) is 3.53. The fraction of sp³-hybridized carbons (Fsp3) is 0.889. The van der Waals surface area contributed by atoms with Gasteiger partial charge in [-0.15, -0.1) is 0 Å². The van der Waals surface area contributed by atoms with E-state index in [4.69, 9.17) is 11.5 Å². The first-order valence-electron chi connectivity index (χ1n) is 4.77. The van der Waals surface area contributed by atoms with E-state index in [0.29, 0.717) is 19.1 Å². The first-order chi connectivity index (χ1) is 6.02. The molecule has 1 atom stereocenters. The van der Waals surface area contributed by atoms with E-state index in [9.17, 15) is 4.79 Å². The van der Waals surface area contributed by atoms with E-state index in [2.05, 4.69) is 6.92 Å². The van der Waals surface area contributed by atoms with Crippen molar-refractivity contribution in [1.29, 1.82) is 0 Å². The van der Waals surface area contributed by atoms with Crippen molar-refractivity contribution in [1.82, 2.24) is 4.90 Å². The average Bonchev–Trinajstić information content (AvgIpc) is 2.04. The molecule has 0 aromatic heterocycles. The summed E-state index contributed by atoms with van der Waals surface area (Å²) in [5.41, 5.74) is 10.8. The summed E-state index contributed by atoms with van der Waals surface area (Å²) in [5, 5.41) is 0. The number of nitrogens with zero attached hydrogens (tertiary/aromatic N) is 1. The third-order valence-electron chi connectivity index (χ3n) is 2.21. The minimum absolute atomic E-state index is 0.257. The van der Waals surface area contributed by atoms with Crippen LogP contribution in [0.1, 0.15) is 27.2 Å². The maximum atomic E-state index is 10.8. The van der Waals surface area contributed by atoms with Gasteiger partial charge in [-0.05, 0) is 20.3 Å². The van der Waals surface area contributed by atoms with E-state index < -0.39 is 0 Å². The summed E-state index contributed by atoms with van der Waals surface area (Å²) in [6.45, 7) is 7.02. The monoisotopic (exact) mass is 187 g/mol. The molecule has 0 heterocycles. The molecule has 0 radical (unpaired) electrons. The quantitative estimate of drug-likeness (QED) is 0.611. The molecule has 0 fully saturated rings. The lowest BCUT2D eigenvalue weighted by atomic mass is 10.1. The number of primary amides is 1. The highest BCUT2D eigenvalue weighted by atomic mass is 16.1. The molecular weight excluding hydrogens is 166 g/mol. The Kier molecular flexibility index (Phi) is 5.66. The predicted octanol–water partition coefficient (Wildman–Crippen LogP) is -0.0806. The van der Waals surface area contributed by atoms with Gasteiger partial charge >= 0.3 is 0 Å². The Morgan fingerprint density at radius 1 is 1.46 bits per heavy atom. The van der Waals surface area contributed by atoms with Crippen molar-refractivity contribution in [3.63, 3.8) is 0 Å². The second kappa shape index (κ2) is 5.94. The van der Waals surface area contributed by atoms with Crippen molar-refractivity contribution in [3.05, 3.63) is 0 Å². The van der Waals surface area contributed by atoms with Crippen molar-refractivity contribution in [2.45, 2.75) is 39.3 Å². The molecule has 1 amide bonds. The van der Waals surface area contributed by atoms with Gasteiger partial charge in [0, 0.05) is 18.6 Å². The standard InChI is InChI=1S/C9H21N3O/c1-4-8(5-10)12(7(2)3)6-9(11)13/h7-8H,4-6,10H2,1-3H3,(H2,11,13). The number of amides is 1. The predicted molar refractivity (Wildman–Crippen MR) is 54.2 cm³/mol. The van der Waals surface area contributed by atoms with Crippen LogP contribution in [0.25, 0.3) is 0 Å². The van der Waals surface area contributed by atoms with E-state index >= 15 is 0 Å². The minimum Gasteiger partial charge on any atom is -0.369 e. The fourth-order valence-electron chi connectivity index (χ4n) is 1.45. The van der Waals surface area contributed by atoms with E-state index in [1.807, 2.05) is 18.7 Å². The lowest BCUT2D eigenvalue weighted by Gasteiger charge is -2.32. The lowest BCUT2D eigenvalue weighted by Crippen LogP contribution is -2.48. The third kappa shape index (κ3) is 4.24. The Bertz CT molecular complexity index is 155. The van der Waals surface area contributed by atoms with Gasteiger partial charge in [0.1, 0.15) is 0 Å². The number of carbonyl (C=O) groups is 1. The van der Waals surface area contributed by atoms with Gasteiger partial charge in [0.15, 0.2) is 0 Å². The normalized spacial score (nSPS) is 13.7. The Morgan fingerprint density at radius 3 is 2.23 bits per heavy atom. The zero-order valence-corrected chi connectivity index (χ0v) is 8.79. The highest BCUT2D eigenvalue weighted by Crippen LogP contribution is 2.07. The number of hydrogen-bond donors (Lipinski definition) is 2. The summed E-state index contributed by atoms with van der Waals surface area (Å²) < 4.78 is 0. The molecule has 0 bridgehead atoms. The van der Waals surface area contributed by atoms with E-state index in [-0.39, 0.29) is 11.9 Å². The van der Waals surface area contributed by atoms with Crippen LogP contribution < -0.4 is 11.5 Å². The van der Waals surface area contributed by atoms with Crippen molar-refractivity contribution < 1.29 is 4.79 Å². The molecule has 0 aliphatic rings. The summed E-state index contributed by atoms with van der Waals surface area (Å²) in [6.07, 6.45) is 0.946. The molecule has 0 spiro atoms. The van der Waals surface area contributed by atoms with Crippen LogP contribution in [0.4, 0.5) is 0 Å². The molecule has 4 nitrogen and oxygen atoms in total. The Hall–Kier alpha value is -0.610. The summed E-state index contributed by atoms with van der Waals surface area (Å²) in [4.78, 5) is 12.8. The molecule has 0 aliphatic heterocycles. The molecule has 0 rings (SSSR count). The van der Waals surface area contributed by atoms with Crippen LogP contribution in [0.3, 0.4) is 0 Å². The van der Waals surface area contributed by atoms with Crippen LogP contribution >= 0.6 is 0 Å². The minimum atomic E-state index is -0.291. The molecule has 0 saturated heterocycles. The molecule has 0 saturated carbocycles. The van der Waals surface area contributed by atoms with E-state index in [0.717, 1.165) is 6.42 Å². The molecule has 1 unspecified atom stereocenters. The third-order valence-corrected chi connectivity index (χ3v) is 2.21. The van der Waals surface area contributed by atoms with Crippen LogP contribution in [-0.4, -0.2) is 36.0 Å². The maximum Gasteiger partial charge on any atom is 0.231 e. The Labute approximate surface area is 80.3 Å². The summed E-state index contributed by atoms with van der Waals surface area (Å²) in [6, 6.07) is 0.563. The van der Waals surface area contributed by atoms with E-state index in [1.165, 1.54) is 0 Å². The first kappa shape index (κ1) is 12.4. The molecular formula is C9H21N3O. The van der Waals surface area contributed by atoms with Gasteiger partial charge in [-0.1, -0.05) is 6.92 Å². The molecule has 0 aromatic carbocycles. The van der Waals surface area contributed by atoms with Gasteiger partial charge < -0.3 is 11.5 Å². The summed E-state index contributed by atoms with van der Waals surface area (Å²) in [7, 11) is 0. The van der Waals surface area contributed by atoms with Crippen molar-refractivity contribution in [2.24, 2.45) is 11.5 Å². The molecule has 78 valence electrons. The zero-order valence-electron chi connectivity index (χ0n) is 8.79. The Balaban J connectivity index is 4.29. The maximum absolute atomic E-state index is 10.8. The number of hydrogen-bond acceptors (Lipinski definition) is 3. The second-order valence-corrected chi connectivity index (χ2v) is 3.53. The average molecular weight is 187 g/mol. The van der Waals surface area contributed by atoms with Crippen LogP contribution in [-0.2, 0) is 4.79 Å². The highest BCUT2D eigenvalue weighted by Gasteiger charge is 2.19. The van der Waals surface area contributed by atoms with Crippen molar-refractivity contribution in [2.75, 3.05) is 13.1 Å². The van der Waals surface area contributed by atoms with E-state index in [1.54, 1.807) is 0 Å². The fourth-order valence-corrected chi connectivity index (χ4v) is 1.45. The van der Waals surface area contributed by atoms with Crippen LogP contribution in [0, 0.1) is 0 Å². The van der Waals surface area contributed by atoms with Gasteiger partial charge in [-0.2, -0.15) is 0 Å². The lowest BCUT2D eigenvalue weighted by molar-refractivity contribution is -0.120. The Morgan fingerprint density at radius 2 is 2.00 bits per heavy atom. The summed E-state index contributed by atoms with van der Waals surface area (Å²) >= 11 is 0. The van der Waals surface area contributed by atoms with Crippen LogP contribution in [0.5, 0.6) is 0 Å².